The van der Waals surface area contributed by atoms with E-state index in [1.54, 1.807) is 25.1 Å². The van der Waals surface area contributed by atoms with E-state index in [1.165, 1.54) is 0 Å². The molecule has 0 bridgehead atoms. The third-order valence-electron chi connectivity index (χ3n) is 3.91. The molecule has 3 N–H and O–H groups in total. The number of phenols is 1. The van der Waals surface area contributed by atoms with Crippen molar-refractivity contribution in [2.24, 2.45) is 9.39 Å². The van der Waals surface area contributed by atoms with Gasteiger partial charge in [0.1, 0.15) is 23.3 Å². The van der Waals surface area contributed by atoms with Gasteiger partial charge in [-0.05, 0) is 44.0 Å². The van der Waals surface area contributed by atoms with Gasteiger partial charge >= 0.3 is 10.2 Å². The first-order valence-electron chi connectivity index (χ1n) is 8.12. The van der Waals surface area contributed by atoms with Gasteiger partial charge < -0.3 is 14.8 Å². The summed E-state index contributed by atoms with van der Waals surface area (Å²) < 4.78 is 35.4. The number of nitrogens with zero attached hydrogens (tertiary/aromatic N) is 2. The molecule has 1 aliphatic heterocycles. The van der Waals surface area contributed by atoms with Crippen molar-refractivity contribution in [3.8, 4) is 5.75 Å². The highest BCUT2D eigenvalue weighted by Crippen LogP contribution is 2.28. The molecular weight excluding hydrogens is 356 g/mol. The third-order valence-corrected chi connectivity index (χ3v) is 4.79. The van der Waals surface area contributed by atoms with Gasteiger partial charge in [0, 0.05) is 0 Å². The van der Waals surface area contributed by atoms with Crippen LogP contribution in [0.15, 0.2) is 44.1 Å². The maximum atomic E-state index is 11.9. The van der Waals surface area contributed by atoms with Crippen molar-refractivity contribution in [1.82, 2.24) is 4.72 Å². The smallest absolute Gasteiger partial charge is 0.345 e. The summed E-state index contributed by atoms with van der Waals surface area (Å²) in [6.45, 7) is 5.50. The first kappa shape index (κ1) is 18.0. The second kappa shape index (κ2) is 6.83. The molecule has 9 heteroatoms. The molecule has 138 valence electrons. The Labute approximate surface area is 151 Å². The average molecular weight is 376 g/mol. The van der Waals surface area contributed by atoms with Crippen molar-refractivity contribution in [3.05, 3.63) is 47.4 Å². The Morgan fingerprint density at radius 1 is 1.31 bits per heavy atom. The zero-order valence-electron chi connectivity index (χ0n) is 14.6. The van der Waals surface area contributed by atoms with E-state index in [0.717, 1.165) is 5.76 Å². The Bertz CT molecular complexity index is 992. The van der Waals surface area contributed by atoms with E-state index in [4.69, 9.17) is 4.42 Å². The van der Waals surface area contributed by atoms with Crippen LogP contribution in [0.25, 0.3) is 0 Å². The van der Waals surface area contributed by atoms with Gasteiger partial charge in [0.25, 0.3) is 0 Å². The topological polar surface area (TPSA) is 116 Å². The summed E-state index contributed by atoms with van der Waals surface area (Å²) >= 11 is 0. The molecule has 3 rings (SSSR count). The lowest BCUT2D eigenvalue weighted by Crippen LogP contribution is -2.31. The lowest BCUT2D eigenvalue weighted by Gasteiger charge is -2.12. The Hall–Kier alpha value is -2.81. The minimum Gasteiger partial charge on any atom is -0.505 e. The van der Waals surface area contributed by atoms with Crippen molar-refractivity contribution >= 4 is 27.6 Å². The van der Waals surface area contributed by atoms with Crippen LogP contribution >= 0.6 is 0 Å². The van der Waals surface area contributed by atoms with Crippen LogP contribution in [0.3, 0.4) is 0 Å². The molecule has 0 spiro atoms. The standard InChI is InChI=1S/C17H20N4O4S/c1-4-12(14-9-8-11(3)25-14)18-16-17(21-26(23,24)20-16)19-13-7-5-6-10(2)15(13)22/h5-9,12,22H,4H2,1-3H3,(H,18,20)(H,19,21)/t12-/m1/s1. The van der Waals surface area contributed by atoms with E-state index < -0.39 is 10.2 Å². The SMILES string of the molecule is CC[C@@H](N=C1NS(=O)(=O)N=C1Nc1cccc(C)c1O)c1ccc(C)o1. The van der Waals surface area contributed by atoms with E-state index in [1.807, 2.05) is 26.0 Å². The Balaban J connectivity index is 1.95. The molecule has 0 amide bonds. The molecule has 1 atom stereocenters. The molecular formula is C17H20N4O4S. The second-order valence-corrected chi connectivity index (χ2v) is 7.30. The highest BCUT2D eigenvalue weighted by molar-refractivity contribution is 7.89. The van der Waals surface area contributed by atoms with Crippen LogP contribution < -0.4 is 10.0 Å². The average Bonchev–Trinajstić information content (AvgIpc) is 3.12. The Morgan fingerprint density at radius 3 is 2.73 bits per heavy atom. The molecule has 1 aromatic carbocycles. The van der Waals surface area contributed by atoms with Crippen LogP contribution in [-0.4, -0.2) is 25.2 Å². The largest absolute Gasteiger partial charge is 0.505 e. The predicted octanol–water partition coefficient (Wildman–Crippen LogP) is 2.81. The van der Waals surface area contributed by atoms with E-state index in [0.29, 0.717) is 23.4 Å². The number of aryl methyl sites for hydroxylation is 2. The number of furan rings is 1. The van der Waals surface area contributed by atoms with Crippen LogP contribution in [0.4, 0.5) is 5.69 Å². The van der Waals surface area contributed by atoms with Gasteiger partial charge in [0.15, 0.2) is 11.7 Å². The molecule has 0 aliphatic carbocycles. The fourth-order valence-corrected chi connectivity index (χ4v) is 3.37. The molecule has 0 saturated heterocycles. The third kappa shape index (κ3) is 3.72. The Morgan fingerprint density at radius 2 is 2.08 bits per heavy atom. The number of para-hydroxylation sites is 1. The summed E-state index contributed by atoms with van der Waals surface area (Å²) in [5, 5.41) is 13.0. The van der Waals surface area contributed by atoms with Crippen molar-refractivity contribution in [2.75, 3.05) is 5.32 Å². The highest BCUT2D eigenvalue weighted by atomic mass is 32.2. The van der Waals surface area contributed by atoms with Crippen LogP contribution in [0.5, 0.6) is 5.75 Å². The molecule has 8 nitrogen and oxygen atoms in total. The first-order valence-corrected chi connectivity index (χ1v) is 9.56. The van der Waals surface area contributed by atoms with Crippen LogP contribution in [0, 0.1) is 13.8 Å². The van der Waals surface area contributed by atoms with Gasteiger partial charge in [-0.3, -0.25) is 4.99 Å². The van der Waals surface area contributed by atoms with E-state index >= 15 is 0 Å². The van der Waals surface area contributed by atoms with Crippen molar-refractivity contribution in [2.45, 2.75) is 33.2 Å². The summed E-state index contributed by atoms with van der Waals surface area (Å²) in [5.74, 6) is 1.51. The molecule has 2 heterocycles. The number of benzene rings is 1. The summed E-state index contributed by atoms with van der Waals surface area (Å²) in [5.41, 5.74) is 0.998. The van der Waals surface area contributed by atoms with Gasteiger partial charge in [0.2, 0.25) is 0 Å². The number of anilines is 1. The second-order valence-electron chi connectivity index (χ2n) is 5.96. The van der Waals surface area contributed by atoms with E-state index in [9.17, 15) is 13.5 Å². The number of rotatable bonds is 4. The molecule has 0 radical (unpaired) electrons. The summed E-state index contributed by atoms with van der Waals surface area (Å²) in [7, 11) is -3.89. The number of hydrogen-bond acceptors (Lipinski definition) is 6. The summed E-state index contributed by atoms with van der Waals surface area (Å²) in [6, 6.07) is 8.39. The van der Waals surface area contributed by atoms with Crippen molar-refractivity contribution in [1.29, 1.82) is 0 Å². The van der Waals surface area contributed by atoms with Crippen LogP contribution in [0.1, 0.15) is 36.5 Å². The zero-order chi connectivity index (χ0) is 18.9. The molecule has 0 fully saturated rings. The number of amidine groups is 2. The minimum absolute atomic E-state index is 0.0209. The fourth-order valence-electron chi connectivity index (χ4n) is 2.56. The monoisotopic (exact) mass is 376 g/mol. The number of aliphatic imine (C=N–C) groups is 1. The van der Waals surface area contributed by atoms with Gasteiger partial charge in [-0.25, -0.2) is 4.72 Å². The van der Waals surface area contributed by atoms with E-state index in [-0.39, 0.29) is 23.5 Å². The summed E-state index contributed by atoms with van der Waals surface area (Å²) in [4.78, 5) is 4.46. The van der Waals surface area contributed by atoms with Crippen LogP contribution in [0.2, 0.25) is 0 Å². The Kier molecular flexibility index (Phi) is 4.73. The number of nitrogens with one attached hydrogen (secondary N) is 2. The lowest BCUT2D eigenvalue weighted by atomic mass is 10.2. The molecule has 0 unspecified atom stereocenters. The molecule has 0 saturated carbocycles. The minimum atomic E-state index is -3.89. The van der Waals surface area contributed by atoms with Crippen molar-refractivity contribution < 1.29 is 17.9 Å². The van der Waals surface area contributed by atoms with Gasteiger partial charge in [-0.2, -0.15) is 8.42 Å². The molecule has 1 aromatic heterocycles. The quantitative estimate of drug-likeness (QED) is 0.710. The zero-order valence-corrected chi connectivity index (χ0v) is 15.5. The molecule has 1 aliphatic rings. The van der Waals surface area contributed by atoms with Crippen LogP contribution in [-0.2, 0) is 10.2 Å². The first-order chi connectivity index (χ1) is 12.3. The number of aromatic hydroxyl groups is 1. The van der Waals surface area contributed by atoms with Gasteiger partial charge in [0.05, 0.1) is 5.69 Å². The van der Waals surface area contributed by atoms with Crippen molar-refractivity contribution in [3.63, 3.8) is 0 Å². The fraction of sp³-hybridized carbons (Fsp3) is 0.294. The normalized spacial score (nSPS) is 18.4. The van der Waals surface area contributed by atoms with E-state index in [2.05, 4.69) is 19.4 Å². The maximum absolute atomic E-state index is 11.9. The molecule has 2 aromatic rings. The molecule has 26 heavy (non-hydrogen) atoms. The maximum Gasteiger partial charge on any atom is 0.345 e. The van der Waals surface area contributed by atoms with Gasteiger partial charge in [-0.1, -0.05) is 19.1 Å². The van der Waals surface area contributed by atoms with Gasteiger partial charge in [-0.15, -0.1) is 4.40 Å². The number of hydrogen-bond donors (Lipinski definition) is 3. The lowest BCUT2D eigenvalue weighted by molar-refractivity contribution is 0.442. The predicted molar refractivity (Wildman–Crippen MR) is 99.9 cm³/mol. The highest BCUT2D eigenvalue weighted by Gasteiger charge is 2.28. The number of phenolic OH excluding ortho intramolecular Hbond substituents is 1. The summed E-state index contributed by atoms with van der Waals surface area (Å²) in [6.07, 6.45) is 0.612.